The molecule has 4 aromatic rings. The summed E-state index contributed by atoms with van der Waals surface area (Å²) in [7, 11) is 1.53. The zero-order valence-electron chi connectivity index (χ0n) is 27.2. The van der Waals surface area contributed by atoms with Gasteiger partial charge < -0.3 is 19.9 Å². The summed E-state index contributed by atoms with van der Waals surface area (Å²) in [6.45, 7) is 5.37. The quantitative estimate of drug-likeness (QED) is 0.247. The van der Waals surface area contributed by atoms with Crippen LogP contribution in [0.25, 0.3) is 0 Å². The Morgan fingerprint density at radius 2 is 1.59 bits per heavy atom. The number of fused-ring (bicyclic) bond motifs is 1. The number of anilines is 3. The minimum atomic E-state index is -0.706. The van der Waals surface area contributed by atoms with Crippen molar-refractivity contribution in [3.8, 4) is 0 Å². The van der Waals surface area contributed by atoms with E-state index in [0.717, 1.165) is 66.5 Å². The number of benzene rings is 3. The summed E-state index contributed by atoms with van der Waals surface area (Å²) in [5.74, 6) is -0.232. The molecular formula is C36H38N8O5. The van der Waals surface area contributed by atoms with Gasteiger partial charge >= 0.3 is 6.03 Å². The molecule has 0 unspecified atom stereocenters. The van der Waals surface area contributed by atoms with Crippen LogP contribution in [-0.4, -0.2) is 83.6 Å². The van der Waals surface area contributed by atoms with Gasteiger partial charge in [-0.1, -0.05) is 42.5 Å². The average Bonchev–Trinajstić information content (AvgIpc) is 3.72. The van der Waals surface area contributed by atoms with Crippen LogP contribution in [0.4, 0.5) is 22.0 Å². The summed E-state index contributed by atoms with van der Waals surface area (Å²) >= 11 is 0. The third-order valence-electron chi connectivity index (χ3n) is 9.33. The summed E-state index contributed by atoms with van der Waals surface area (Å²) in [6.07, 6.45) is -0.405. The lowest BCUT2D eigenvalue weighted by molar-refractivity contribution is -0.143. The van der Waals surface area contributed by atoms with Gasteiger partial charge in [0.1, 0.15) is 0 Å². The van der Waals surface area contributed by atoms with E-state index in [0.29, 0.717) is 37.4 Å². The number of aromatic nitrogens is 2. The van der Waals surface area contributed by atoms with Gasteiger partial charge in [0.2, 0.25) is 5.91 Å². The molecule has 13 heteroatoms. The van der Waals surface area contributed by atoms with E-state index in [2.05, 4.69) is 30.6 Å². The molecule has 13 nitrogen and oxygen atoms in total. The molecule has 2 saturated heterocycles. The molecule has 4 heterocycles. The van der Waals surface area contributed by atoms with Gasteiger partial charge in [-0.2, -0.15) is 5.10 Å². The van der Waals surface area contributed by atoms with Gasteiger partial charge in [-0.25, -0.2) is 4.79 Å². The molecule has 3 aliphatic rings. The van der Waals surface area contributed by atoms with Gasteiger partial charge in [-0.3, -0.25) is 34.6 Å². The number of methoxy groups -OCH3 is 1. The first-order chi connectivity index (χ1) is 23.9. The number of imide groups is 1. The number of amides is 5. The number of nitrogens with zero attached hydrogens (tertiary/aromatic N) is 5. The first-order valence-corrected chi connectivity index (χ1v) is 16.4. The Bertz CT molecular complexity index is 1840. The van der Waals surface area contributed by atoms with Crippen LogP contribution in [0.2, 0.25) is 0 Å². The van der Waals surface area contributed by atoms with E-state index >= 15 is 0 Å². The number of hydrogen-bond donors (Lipinski definition) is 3. The normalized spacial score (nSPS) is 17.1. The molecule has 0 radical (unpaired) electrons. The van der Waals surface area contributed by atoms with Crippen LogP contribution in [0.15, 0.2) is 78.9 Å². The predicted molar refractivity (Wildman–Crippen MR) is 183 cm³/mol. The molecule has 7 rings (SSSR count). The molecule has 3 aromatic carbocycles. The van der Waals surface area contributed by atoms with Crippen molar-refractivity contribution >= 4 is 40.9 Å². The molecule has 1 aromatic heterocycles. The highest BCUT2D eigenvalue weighted by Gasteiger charge is 2.33. The van der Waals surface area contributed by atoms with Gasteiger partial charge in [0, 0.05) is 75.3 Å². The van der Waals surface area contributed by atoms with Crippen LogP contribution in [0.1, 0.15) is 45.3 Å². The van der Waals surface area contributed by atoms with Gasteiger partial charge in [0.15, 0.2) is 11.9 Å². The van der Waals surface area contributed by atoms with Crippen molar-refractivity contribution in [3.05, 3.63) is 107 Å². The van der Waals surface area contributed by atoms with Crippen molar-refractivity contribution in [2.75, 3.05) is 55.0 Å². The largest absolute Gasteiger partial charge is 0.369 e. The van der Waals surface area contributed by atoms with E-state index < -0.39 is 6.10 Å². The topological polar surface area (TPSA) is 143 Å². The van der Waals surface area contributed by atoms with E-state index in [1.54, 1.807) is 9.80 Å². The van der Waals surface area contributed by atoms with E-state index in [-0.39, 0.29) is 23.8 Å². The molecule has 3 N–H and O–H groups in total. The van der Waals surface area contributed by atoms with E-state index in [9.17, 15) is 19.2 Å². The fourth-order valence-corrected chi connectivity index (χ4v) is 6.59. The summed E-state index contributed by atoms with van der Waals surface area (Å²) in [6, 6.07) is 24.5. The van der Waals surface area contributed by atoms with Crippen molar-refractivity contribution < 1.29 is 23.9 Å². The van der Waals surface area contributed by atoms with Crippen LogP contribution >= 0.6 is 0 Å². The number of ether oxygens (including phenoxy) is 1. The monoisotopic (exact) mass is 662 g/mol. The summed E-state index contributed by atoms with van der Waals surface area (Å²) in [5.41, 5.74) is 5.89. The molecule has 0 bridgehead atoms. The molecule has 3 aliphatic heterocycles. The smallest absolute Gasteiger partial charge is 0.328 e. The lowest BCUT2D eigenvalue weighted by Crippen LogP contribution is -2.49. The van der Waals surface area contributed by atoms with Gasteiger partial charge in [0.05, 0.1) is 18.8 Å². The zero-order chi connectivity index (χ0) is 33.9. The first-order valence-electron chi connectivity index (χ1n) is 16.4. The number of rotatable bonds is 9. The maximum atomic E-state index is 13.3. The Labute approximate surface area is 283 Å². The van der Waals surface area contributed by atoms with Crippen LogP contribution < -0.4 is 20.4 Å². The molecule has 5 amide bonds. The Morgan fingerprint density at radius 3 is 2.29 bits per heavy atom. The van der Waals surface area contributed by atoms with Crippen LogP contribution in [0.3, 0.4) is 0 Å². The number of nitrogens with one attached hydrogen (secondary N) is 3. The Balaban J connectivity index is 0.896. The molecule has 0 spiro atoms. The van der Waals surface area contributed by atoms with Crippen molar-refractivity contribution in [2.45, 2.75) is 32.2 Å². The number of piperazine rings is 1. The molecule has 0 saturated carbocycles. The van der Waals surface area contributed by atoms with Crippen molar-refractivity contribution in [3.63, 3.8) is 0 Å². The van der Waals surface area contributed by atoms with Crippen molar-refractivity contribution in [2.24, 2.45) is 0 Å². The maximum Gasteiger partial charge on any atom is 0.328 e. The molecule has 49 heavy (non-hydrogen) atoms. The molecule has 0 aliphatic carbocycles. The molecule has 252 valence electrons. The third-order valence-corrected chi connectivity index (χ3v) is 9.33. The van der Waals surface area contributed by atoms with Crippen LogP contribution in [0, 0.1) is 0 Å². The molecule has 2 fully saturated rings. The van der Waals surface area contributed by atoms with Gasteiger partial charge in [0.25, 0.3) is 11.8 Å². The van der Waals surface area contributed by atoms with Crippen LogP contribution in [-0.2, 0) is 34.0 Å². The highest BCUT2D eigenvalue weighted by Crippen LogP contribution is 2.31. The van der Waals surface area contributed by atoms with Crippen molar-refractivity contribution in [1.29, 1.82) is 0 Å². The highest BCUT2D eigenvalue weighted by molar-refractivity contribution is 6.05. The van der Waals surface area contributed by atoms with E-state index in [1.165, 1.54) is 7.11 Å². The molecule has 1 atom stereocenters. The van der Waals surface area contributed by atoms with Gasteiger partial charge in [-0.15, -0.1) is 0 Å². The van der Waals surface area contributed by atoms with Crippen LogP contribution in [0.5, 0.6) is 0 Å². The summed E-state index contributed by atoms with van der Waals surface area (Å²) in [4.78, 5) is 58.1. The fourth-order valence-electron chi connectivity index (χ4n) is 6.59. The lowest BCUT2D eigenvalue weighted by Gasteiger charge is -2.36. The second-order valence-corrected chi connectivity index (χ2v) is 12.4. The predicted octanol–water partition coefficient (Wildman–Crippen LogP) is 3.66. The van der Waals surface area contributed by atoms with Crippen molar-refractivity contribution in [1.82, 2.24) is 25.3 Å². The Hall–Kier alpha value is -5.53. The van der Waals surface area contributed by atoms with Gasteiger partial charge in [-0.05, 0) is 47.5 Å². The Kier molecular flexibility index (Phi) is 9.09. The Morgan fingerprint density at radius 1 is 0.878 bits per heavy atom. The maximum absolute atomic E-state index is 13.3. The standard InChI is InChI=1S/C36H38N8O5/c1-49-32(25-5-3-2-4-6-25)35(47)43-22-29-30(23-43)39-40-33(29)38-34(46)26-9-13-27(14-10-26)42-19-17-41(18-20-42)21-24-7-11-28(12-8-24)44-16-15-31(45)37-36(44)48/h2-14,32H,15-23H2,1H3,(H,37,45,48)(H2,38,39,40,46)/t32-/m1/s1. The minimum Gasteiger partial charge on any atom is -0.369 e. The summed E-state index contributed by atoms with van der Waals surface area (Å²) < 4.78 is 5.54. The summed E-state index contributed by atoms with van der Waals surface area (Å²) in [5, 5.41) is 12.6. The fraction of sp³-hybridized carbons (Fsp3) is 0.306. The highest BCUT2D eigenvalue weighted by atomic mass is 16.5. The average molecular weight is 663 g/mol. The number of H-pyrrole nitrogens is 1. The van der Waals surface area contributed by atoms with E-state index in [1.807, 2.05) is 78.9 Å². The third kappa shape index (κ3) is 6.89. The first kappa shape index (κ1) is 32.0. The number of aromatic amines is 1. The SMILES string of the molecule is CO[C@@H](C(=O)N1Cc2[nH]nc(NC(=O)c3ccc(N4CCN(Cc5ccc(N6CCC(=O)NC6=O)cc5)CC4)cc3)c2C1)c1ccccc1. The second kappa shape index (κ2) is 13.9. The number of carbonyl (C=O) groups excluding carboxylic acids is 4. The number of carbonyl (C=O) groups is 4. The van der Waals surface area contributed by atoms with E-state index in [4.69, 9.17) is 4.74 Å². The molecular weight excluding hydrogens is 624 g/mol. The lowest BCUT2D eigenvalue weighted by atomic mass is 10.1. The minimum absolute atomic E-state index is 0.147. The second-order valence-electron chi connectivity index (χ2n) is 12.4. The number of hydrogen-bond acceptors (Lipinski definition) is 8. The zero-order valence-corrected chi connectivity index (χ0v) is 27.2. The number of urea groups is 1.